The van der Waals surface area contributed by atoms with Crippen LogP contribution in [0.4, 0.5) is 0 Å². The van der Waals surface area contributed by atoms with Gasteiger partial charge in [-0.15, -0.1) is 0 Å². The summed E-state index contributed by atoms with van der Waals surface area (Å²) >= 11 is 0. The summed E-state index contributed by atoms with van der Waals surface area (Å²) in [6.07, 6.45) is 0.255. The van der Waals surface area contributed by atoms with Crippen molar-refractivity contribution in [1.82, 2.24) is 4.90 Å². The summed E-state index contributed by atoms with van der Waals surface area (Å²) in [5.74, 6) is 0.385. The molecule has 0 aliphatic carbocycles. The predicted octanol–water partition coefficient (Wildman–Crippen LogP) is 1.44. The standard InChI is InChI=1S/C15H20N2O3/c1-15(2)7-13(18)17(14(15)19)9-11-6-10(8-16)4-5-12(11)20-3/h4-6H,7-9,16H2,1-3H3. The summed E-state index contributed by atoms with van der Waals surface area (Å²) in [6.45, 7) is 4.23. The van der Waals surface area contributed by atoms with Gasteiger partial charge in [-0.25, -0.2) is 0 Å². The number of carbonyl (C=O) groups is 2. The van der Waals surface area contributed by atoms with Gasteiger partial charge in [-0.3, -0.25) is 14.5 Å². The maximum Gasteiger partial charge on any atom is 0.235 e. The van der Waals surface area contributed by atoms with Crippen molar-refractivity contribution in [2.45, 2.75) is 33.4 Å². The van der Waals surface area contributed by atoms with E-state index in [0.29, 0.717) is 12.3 Å². The maximum atomic E-state index is 12.2. The average molecular weight is 276 g/mol. The van der Waals surface area contributed by atoms with Gasteiger partial charge in [0.05, 0.1) is 19.1 Å². The number of amides is 2. The summed E-state index contributed by atoms with van der Waals surface area (Å²) in [6, 6.07) is 5.57. The highest BCUT2D eigenvalue weighted by Crippen LogP contribution is 2.33. The van der Waals surface area contributed by atoms with Crippen molar-refractivity contribution in [1.29, 1.82) is 0 Å². The lowest BCUT2D eigenvalue weighted by Crippen LogP contribution is -2.32. The Labute approximate surface area is 118 Å². The summed E-state index contributed by atoms with van der Waals surface area (Å²) in [7, 11) is 1.57. The third-order valence-corrected chi connectivity index (χ3v) is 3.63. The Morgan fingerprint density at radius 2 is 2.05 bits per heavy atom. The fourth-order valence-corrected chi connectivity index (χ4v) is 2.44. The number of nitrogens with zero attached hydrogens (tertiary/aromatic N) is 1. The number of rotatable bonds is 4. The normalized spacial score (nSPS) is 17.7. The van der Waals surface area contributed by atoms with E-state index in [1.54, 1.807) is 21.0 Å². The molecule has 5 nitrogen and oxygen atoms in total. The number of ether oxygens (including phenoxy) is 1. The van der Waals surface area contributed by atoms with Gasteiger partial charge in [0.2, 0.25) is 11.8 Å². The van der Waals surface area contributed by atoms with E-state index in [1.807, 2.05) is 18.2 Å². The SMILES string of the molecule is COc1ccc(CN)cc1CN1C(=O)CC(C)(C)C1=O. The molecule has 0 unspecified atom stereocenters. The first-order valence-electron chi connectivity index (χ1n) is 6.59. The minimum atomic E-state index is -0.615. The Kier molecular flexibility index (Phi) is 3.81. The second kappa shape index (κ2) is 5.25. The smallest absolute Gasteiger partial charge is 0.235 e. The second-order valence-electron chi connectivity index (χ2n) is 5.70. The molecule has 0 atom stereocenters. The molecule has 5 heteroatoms. The fourth-order valence-electron chi connectivity index (χ4n) is 2.44. The van der Waals surface area contributed by atoms with Gasteiger partial charge in [0.25, 0.3) is 0 Å². The Bertz CT molecular complexity index is 552. The highest BCUT2D eigenvalue weighted by molar-refractivity contribution is 6.05. The van der Waals surface area contributed by atoms with E-state index >= 15 is 0 Å². The van der Waals surface area contributed by atoms with Crippen molar-refractivity contribution in [2.24, 2.45) is 11.1 Å². The average Bonchev–Trinajstić information content (AvgIpc) is 2.60. The first-order valence-corrected chi connectivity index (χ1v) is 6.59. The molecule has 0 radical (unpaired) electrons. The quantitative estimate of drug-likeness (QED) is 0.845. The van der Waals surface area contributed by atoms with Crippen LogP contribution in [0.1, 0.15) is 31.4 Å². The largest absolute Gasteiger partial charge is 0.496 e. The fraction of sp³-hybridized carbons (Fsp3) is 0.467. The maximum absolute atomic E-state index is 12.2. The number of likely N-dealkylation sites (tertiary alicyclic amines) is 1. The highest BCUT2D eigenvalue weighted by Gasteiger charge is 2.44. The molecular formula is C15H20N2O3. The van der Waals surface area contributed by atoms with Gasteiger partial charge in [-0.05, 0) is 17.7 Å². The molecule has 2 amide bonds. The topological polar surface area (TPSA) is 72.6 Å². The van der Waals surface area contributed by atoms with Crippen molar-refractivity contribution in [3.63, 3.8) is 0 Å². The van der Waals surface area contributed by atoms with E-state index in [-0.39, 0.29) is 24.8 Å². The molecule has 0 spiro atoms. The monoisotopic (exact) mass is 276 g/mol. The number of hydrogen-bond acceptors (Lipinski definition) is 4. The van der Waals surface area contributed by atoms with Gasteiger partial charge in [0, 0.05) is 18.5 Å². The summed E-state index contributed by atoms with van der Waals surface area (Å²) in [5.41, 5.74) is 6.76. The lowest BCUT2D eigenvalue weighted by molar-refractivity contribution is -0.141. The molecule has 1 saturated heterocycles. The number of nitrogens with two attached hydrogens (primary N) is 1. The van der Waals surface area contributed by atoms with Crippen LogP contribution in [0.3, 0.4) is 0 Å². The molecule has 1 aliphatic heterocycles. The zero-order valence-corrected chi connectivity index (χ0v) is 12.1. The summed E-state index contributed by atoms with van der Waals surface area (Å²) in [5, 5.41) is 0. The third kappa shape index (κ3) is 2.54. The minimum absolute atomic E-state index is 0.136. The van der Waals surface area contributed by atoms with E-state index in [2.05, 4.69) is 0 Å². The molecular weight excluding hydrogens is 256 g/mol. The van der Waals surface area contributed by atoms with Gasteiger partial charge in [0.1, 0.15) is 5.75 Å². The zero-order chi connectivity index (χ0) is 14.9. The van der Waals surface area contributed by atoms with Crippen molar-refractivity contribution >= 4 is 11.8 Å². The number of hydrogen-bond donors (Lipinski definition) is 1. The van der Waals surface area contributed by atoms with Crippen LogP contribution in [-0.4, -0.2) is 23.8 Å². The van der Waals surface area contributed by atoms with Crippen LogP contribution in [-0.2, 0) is 22.7 Å². The molecule has 1 fully saturated rings. The number of imide groups is 1. The highest BCUT2D eigenvalue weighted by atomic mass is 16.5. The van der Waals surface area contributed by atoms with Crippen molar-refractivity contribution in [3.8, 4) is 5.75 Å². The molecule has 108 valence electrons. The molecule has 0 aromatic heterocycles. The van der Waals surface area contributed by atoms with Crippen molar-refractivity contribution in [2.75, 3.05) is 7.11 Å². The molecule has 0 bridgehead atoms. The molecule has 2 rings (SSSR count). The van der Waals surface area contributed by atoms with Gasteiger partial charge in [0.15, 0.2) is 0 Å². The van der Waals surface area contributed by atoms with E-state index < -0.39 is 5.41 Å². The first-order chi connectivity index (χ1) is 9.39. The zero-order valence-electron chi connectivity index (χ0n) is 12.1. The Balaban J connectivity index is 2.30. The van der Waals surface area contributed by atoms with Gasteiger partial charge < -0.3 is 10.5 Å². The number of carbonyl (C=O) groups excluding carboxylic acids is 2. The lowest BCUT2D eigenvalue weighted by atomic mass is 9.92. The van der Waals surface area contributed by atoms with E-state index in [0.717, 1.165) is 11.1 Å². The van der Waals surface area contributed by atoms with Gasteiger partial charge in [-0.1, -0.05) is 19.9 Å². The van der Waals surface area contributed by atoms with Crippen LogP contribution in [0.5, 0.6) is 5.75 Å². The molecule has 0 saturated carbocycles. The van der Waals surface area contributed by atoms with Crippen LogP contribution in [0.25, 0.3) is 0 Å². The summed E-state index contributed by atoms with van der Waals surface area (Å²) in [4.78, 5) is 25.5. The molecule has 1 heterocycles. The van der Waals surface area contributed by atoms with Gasteiger partial charge >= 0.3 is 0 Å². The summed E-state index contributed by atoms with van der Waals surface area (Å²) < 4.78 is 5.29. The molecule has 1 aromatic carbocycles. The Morgan fingerprint density at radius 1 is 1.35 bits per heavy atom. The van der Waals surface area contributed by atoms with Crippen molar-refractivity contribution < 1.29 is 14.3 Å². The number of benzene rings is 1. The lowest BCUT2D eigenvalue weighted by Gasteiger charge is -2.19. The third-order valence-electron chi connectivity index (χ3n) is 3.63. The van der Waals surface area contributed by atoms with Crippen LogP contribution in [0.15, 0.2) is 18.2 Å². The van der Waals surface area contributed by atoms with Gasteiger partial charge in [-0.2, -0.15) is 0 Å². The van der Waals surface area contributed by atoms with E-state index in [9.17, 15) is 9.59 Å². The number of methoxy groups -OCH3 is 1. The van der Waals surface area contributed by atoms with Crippen LogP contribution in [0, 0.1) is 5.41 Å². The molecule has 20 heavy (non-hydrogen) atoms. The first kappa shape index (κ1) is 14.5. The minimum Gasteiger partial charge on any atom is -0.496 e. The van der Waals surface area contributed by atoms with Crippen LogP contribution in [0.2, 0.25) is 0 Å². The Morgan fingerprint density at radius 3 is 2.55 bits per heavy atom. The molecule has 1 aromatic rings. The van der Waals surface area contributed by atoms with Crippen molar-refractivity contribution in [3.05, 3.63) is 29.3 Å². The molecule has 1 aliphatic rings. The Hall–Kier alpha value is -1.88. The second-order valence-corrected chi connectivity index (χ2v) is 5.70. The van der Waals surface area contributed by atoms with E-state index in [4.69, 9.17) is 10.5 Å². The van der Waals surface area contributed by atoms with E-state index in [1.165, 1.54) is 4.90 Å². The van der Waals surface area contributed by atoms with Crippen LogP contribution < -0.4 is 10.5 Å². The molecule has 2 N–H and O–H groups in total. The van der Waals surface area contributed by atoms with Crippen LogP contribution >= 0.6 is 0 Å². The predicted molar refractivity (Wildman–Crippen MR) is 74.8 cm³/mol.